The zero-order valence-electron chi connectivity index (χ0n) is 18.5. The van der Waals surface area contributed by atoms with E-state index in [1.165, 1.54) is 46.6 Å². The molecule has 2 aromatic rings. The molecule has 1 aromatic carbocycles. The topological polar surface area (TPSA) is 145 Å². The van der Waals surface area contributed by atoms with Crippen molar-refractivity contribution in [2.24, 2.45) is 0 Å². The molecule has 178 valence electrons. The van der Waals surface area contributed by atoms with Gasteiger partial charge in [-0.1, -0.05) is 0 Å². The van der Waals surface area contributed by atoms with Crippen LogP contribution in [0.15, 0.2) is 27.9 Å². The second-order valence-corrected chi connectivity index (χ2v) is 7.22. The van der Waals surface area contributed by atoms with Gasteiger partial charge in [0.2, 0.25) is 5.75 Å². The average molecular weight is 464 g/mol. The van der Waals surface area contributed by atoms with E-state index in [9.17, 15) is 24.3 Å². The number of rotatable bonds is 8. The van der Waals surface area contributed by atoms with Crippen molar-refractivity contribution >= 4 is 12.4 Å². The van der Waals surface area contributed by atoms with Crippen LogP contribution in [0.1, 0.15) is 28.6 Å². The molecule has 0 bridgehead atoms. The molecular weight excluding hydrogens is 440 g/mol. The van der Waals surface area contributed by atoms with Gasteiger partial charge in [0.15, 0.2) is 11.5 Å². The fourth-order valence-electron chi connectivity index (χ4n) is 3.59. The number of carbonyl (C=O) groups excluding carboxylic acids is 2. The van der Waals surface area contributed by atoms with E-state index in [4.69, 9.17) is 18.9 Å². The van der Waals surface area contributed by atoms with Crippen molar-refractivity contribution in [1.29, 1.82) is 0 Å². The van der Waals surface area contributed by atoms with E-state index in [-0.39, 0.29) is 47.9 Å². The summed E-state index contributed by atoms with van der Waals surface area (Å²) in [5.74, 6) is -0.341. The van der Waals surface area contributed by atoms with Crippen molar-refractivity contribution in [2.75, 3.05) is 27.9 Å². The van der Waals surface area contributed by atoms with Gasteiger partial charge in [0, 0.05) is 23.7 Å². The minimum atomic E-state index is -1.02. The third kappa shape index (κ3) is 4.47. The number of hydrogen-bond donors (Lipinski definition) is 1. The van der Waals surface area contributed by atoms with E-state index in [1.807, 2.05) is 0 Å². The first-order chi connectivity index (χ1) is 15.8. The summed E-state index contributed by atoms with van der Waals surface area (Å²) in [6.45, 7) is 1.45. The third-order valence-corrected chi connectivity index (χ3v) is 5.24. The molecule has 0 aliphatic carbocycles. The van der Waals surface area contributed by atoms with Crippen LogP contribution in [0.5, 0.6) is 17.2 Å². The van der Waals surface area contributed by atoms with Gasteiger partial charge in [0.05, 0.1) is 27.4 Å². The monoisotopic (exact) mass is 464 g/mol. The Hall–Kier alpha value is -3.64. The van der Waals surface area contributed by atoms with Crippen LogP contribution in [-0.4, -0.2) is 66.8 Å². The number of aromatic nitrogens is 2. The van der Waals surface area contributed by atoms with Gasteiger partial charge in [0.1, 0.15) is 18.9 Å². The maximum atomic E-state index is 13.3. The molecule has 0 amide bonds. The second-order valence-electron chi connectivity index (χ2n) is 7.22. The molecule has 33 heavy (non-hydrogen) atoms. The first kappa shape index (κ1) is 24.0. The van der Waals surface area contributed by atoms with Crippen LogP contribution >= 0.6 is 0 Å². The van der Waals surface area contributed by atoms with Gasteiger partial charge < -0.3 is 28.8 Å². The number of aryl methyl sites for hydroxylation is 1. The molecule has 12 nitrogen and oxygen atoms in total. The molecule has 12 heteroatoms. The number of ether oxygens (including phenoxy) is 5. The summed E-state index contributed by atoms with van der Waals surface area (Å²) >= 11 is 0. The van der Waals surface area contributed by atoms with Crippen molar-refractivity contribution in [3.05, 3.63) is 50.3 Å². The highest BCUT2D eigenvalue weighted by Gasteiger charge is 2.37. The molecule has 3 rings (SSSR count). The summed E-state index contributed by atoms with van der Waals surface area (Å²) in [7, 11) is 4.13. The molecule has 1 saturated heterocycles. The Morgan fingerprint density at radius 2 is 1.82 bits per heavy atom. The molecule has 1 aliphatic rings. The third-order valence-electron chi connectivity index (χ3n) is 5.24. The number of carbonyl (C=O) groups is 2. The summed E-state index contributed by atoms with van der Waals surface area (Å²) in [5.41, 5.74) is -1.72. The Balaban J connectivity index is 2.07. The Bertz CT molecular complexity index is 1140. The average Bonchev–Trinajstić information content (AvgIpc) is 3.18. The molecule has 0 spiro atoms. The standard InChI is InChI=1S/C21H24N2O10/c1-11-8-22(17-7-13(25)16(33-17)9-32-10-24)21(28)23(19(11)26)20(27)12-5-14(29-2)18(31-4)15(6-12)30-3/h5-6,8,10,13,16-17,25H,7,9H2,1-4H3/t13-,16?,17-/m1/s1. The summed E-state index contributed by atoms with van der Waals surface area (Å²) in [6.07, 6.45) is -1.62. The Labute approximate surface area is 187 Å². The number of aliphatic hydroxyl groups is 1. The lowest BCUT2D eigenvalue weighted by molar-refractivity contribution is -0.135. The van der Waals surface area contributed by atoms with E-state index in [0.29, 0.717) is 4.57 Å². The van der Waals surface area contributed by atoms with Gasteiger partial charge >= 0.3 is 5.69 Å². The van der Waals surface area contributed by atoms with Gasteiger partial charge in [-0.2, -0.15) is 4.57 Å². The van der Waals surface area contributed by atoms with Crippen molar-refractivity contribution in [1.82, 2.24) is 9.13 Å². The molecule has 1 aliphatic heterocycles. The lowest BCUT2D eigenvalue weighted by atomic mass is 10.1. The lowest BCUT2D eigenvalue weighted by Gasteiger charge is -2.18. The minimum absolute atomic E-state index is 0.0111. The maximum absolute atomic E-state index is 13.3. The highest BCUT2D eigenvalue weighted by molar-refractivity contribution is 5.97. The SMILES string of the molecule is COc1cc(C(=O)n2c(=O)c(C)cn([C@H]3C[C@@H](O)C(COC=O)O3)c2=O)cc(OC)c1OC. The summed E-state index contributed by atoms with van der Waals surface area (Å²) in [5, 5.41) is 10.2. The van der Waals surface area contributed by atoms with Gasteiger partial charge in [-0.25, -0.2) is 4.79 Å². The molecule has 2 heterocycles. The zero-order valence-corrected chi connectivity index (χ0v) is 18.5. The van der Waals surface area contributed by atoms with Crippen LogP contribution in [0.3, 0.4) is 0 Å². The highest BCUT2D eigenvalue weighted by Crippen LogP contribution is 2.38. The van der Waals surface area contributed by atoms with Crippen LogP contribution in [-0.2, 0) is 14.3 Å². The van der Waals surface area contributed by atoms with Crippen molar-refractivity contribution in [3.8, 4) is 17.2 Å². The van der Waals surface area contributed by atoms with Crippen LogP contribution in [0, 0.1) is 6.92 Å². The van der Waals surface area contributed by atoms with Gasteiger partial charge in [0.25, 0.3) is 17.9 Å². The minimum Gasteiger partial charge on any atom is -0.493 e. The number of nitrogens with zero attached hydrogens (tertiary/aromatic N) is 2. The van der Waals surface area contributed by atoms with Crippen LogP contribution in [0.25, 0.3) is 0 Å². The van der Waals surface area contributed by atoms with Gasteiger partial charge in [-0.3, -0.25) is 19.0 Å². The van der Waals surface area contributed by atoms with Crippen molar-refractivity contribution < 1.29 is 38.4 Å². The fourth-order valence-corrected chi connectivity index (χ4v) is 3.59. The molecule has 1 fully saturated rings. The number of aliphatic hydroxyl groups excluding tert-OH is 1. The predicted molar refractivity (Wildman–Crippen MR) is 112 cm³/mol. The highest BCUT2D eigenvalue weighted by atomic mass is 16.6. The van der Waals surface area contributed by atoms with E-state index in [1.54, 1.807) is 0 Å². The maximum Gasteiger partial charge on any atom is 0.340 e. The number of hydrogen-bond acceptors (Lipinski definition) is 10. The lowest BCUT2D eigenvalue weighted by Crippen LogP contribution is -2.45. The predicted octanol–water partition coefficient (Wildman–Crippen LogP) is -0.146. The molecule has 1 aromatic heterocycles. The van der Waals surface area contributed by atoms with Crippen LogP contribution < -0.4 is 25.5 Å². The van der Waals surface area contributed by atoms with Gasteiger partial charge in [-0.15, -0.1) is 0 Å². The first-order valence-electron chi connectivity index (χ1n) is 9.85. The fraction of sp³-hybridized carbons (Fsp3) is 0.429. The quantitative estimate of drug-likeness (QED) is 0.524. The zero-order chi connectivity index (χ0) is 24.3. The van der Waals surface area contributed by atoms with Gasteiger partial charge in [-0.05, 0) is 19.1 Å². The Morgan fingerprint density at radius 1 is 1.18 bits per heavy atom. The summed E-state index contributed by atoms with van der Waals surface area (Å²) in [6, 6.07) is 2.65. The molecule has 3 atom stereocenters. The Kier molecular flexibility index (Phi) is 7.19. The first-order valence-corrected chi connectivity index (χ1v) is 9.85. The van der Waals surface area contributed by atoms with E-state index in [2.05, 4.69) is 4.74 Å². The van der Waals surface area contributed by atoms with E-state index in [0.717, 1.165) is 4.57 Å². The number of benzene rings is 1. The molecule has 1 unspecified atom stereocenters. The molecule has 0 saturated carbocycles. The van der Waals surface area contributed by atoms with Crippen LogP contribution in [0.2, 0.25) is 0 Å². The summed E-state index contributed by atoms with van der Waals surface area (Å²) in [4.78, 5) is 49.6. The second kappa shape index (κ2) is 9.88. The largest absolute Gasteiger partial charge is 0.493 e. The van der Waals surface area contributed by atoms with E-state index >= 15 is 0 Å². The van der Waals surface area contributed by atoms with Crippen LogP contribution in [0.4, 0.5) is 0 Å². The summed E-state index contributed by atoms with van der Waals surface area (Å²) < 4.78 is 27.5. The smallest absolute Gasteiger partial charge is 0.340 e. The van der Waals surface area contributed by atoms with Crippen molar-refractivity contribution in [2.45, 2.75) is 31.8 Å². The molecular formula is C21H24N2O10. The van der Waals surface area contributed by atoms with Crippen molar-refractivity contribution in [3.63, 3.8) is 0 Å². The molecule has 1 N–H and O–H groups in total. The normalized spacial score (nSPS) is 19.7. The van der Waals surface area contributed by atoms with E-state index < -0.39 is 35.6 Å². The number of methoxy groups -OCH3 is 3. The molecule has 0 radical (unpaired) electrons. The Morgan fingerprint density at radius 3 is 2.36 bits per heavy atom.